The molecule has 0 radical (unpaired) electrons. The fraction of sp³-hybridized carbons (Fsp3) is 0.538. The zero-order valence-corrected chi connectivity index (χ0v) is 9.42. The van der Waals surface area contributed by atoms with Crippen LogP contribution < -0.4 is 4.74 Å². The second-order valence-electron chi connectivity index (χ2n) is 4.44. The van der Waals surface area contributed by atoms with Crippen molar-refractivity contribution in [2.75, 3.05) is 13.7 Å². The molecule has 0 aromatic heterocycles. The first kappa shape index (κ1) is 10.5. The van der Waals surface area contributed by atoms with E-state index in [1.807, 2.05) is 12.1 Å². The summed E-state index contributed by atoms with van der Waals surface area (Å²) in [6.07, 6.45) is 3.35. The van der Waals surface area contributed by atoms with E-state index in [1.165, 1.54) is 17.5 Å². The minimum atomic E-state index is -0.0311. The van der Waals surface area contributed by atoms with E-state index in [0.29, 0.717) is 0 Å². The molecule has 0 aliphatic heterocycles. The number of hydrogen-bond acceptors (Lipinski definition) is 2. The zero-order valence-electron chi connectivity index (χ0n) is 9.42. The number of aliphatic hydroxyl groups is 1. The number of hydrogen-bond donors (Lipinski definition) is 1. The minimum Gasteiger partial charge on any atom is -0.496 e. The van der Waals surface area contributed by atoms with Crippen molar-refractivity contribution in [2.24, 2.45) is 0 Å². The Morgan fingerprint density at radius 1 is 1.40 bits per heavy atom. The van der Waals surface area contributed by atoms with Crippen molar-refractivity contribution in [2.45, 2.75) is 31.6 Å². The summed E-state index contributed by atoms with van der Waals surface area (Å²) in [5, 5.41) is 9.58. The van der Waals surface area contributed by atoms with Gasteiger partial charge >= 0.3 is 0 Å². The van der Waals surface area contributed by atoms with E-state index in [4.69, 9.17) is 4.74 Å². The molecule has 1 N–H and O–H groups in total. The van der Waals surface area contributed by atoms with Crippen LogP contribution in [0.2, 0.25) is 0 Å². The Labute approximate surface area is 90.9 Å². The highest BCUT2D eigenvalue weighted by Crippen LogP contribution is 2.47. The van der Waals surface area contributed by atoms with Gasteiger partial charge in [0.2, 0.25) is 0 Å². The highest BCUT2D eigenvalue weighted by molar-refractivity contribution is 5.46. The molecule has 0 saturated heterocycles. The fourth-order valence-electron chi connectivity index (χ4n) is 2.58. The van der Waals surface area contributed by atoms with Crippen molar-refractivity contribution in [3.8, 4) is 5.75 Å². The molecular formula is C13H18O2. The van der Waals surface area contributed by atoms with E-state index < -0.39 is 0 Å². The molecule has 0 amide bonds. The van der Waals surface area contributed by atoms with Crippen LogP contribution in [0.3, 0.4) is 0 Å². The van der Waals surface area contributed by atoms with Crippen LogP contribution in [-0.2, 0) is 5.41 Å². The molecule has 2 nitrogen and oxygen atoms in total. The molecule has 1 aromatic rings. The van der Waals surface area contributed by atoms with Gasteiger partial charge in [0.1, 0.15) is 5.75 Å². The Hall–Kier alpha value is -1.02. The van der Waals surface area contributed by atoms with Crippen molar-refractivity contribution in [1.82, 2.24) is 0 Å². The van der Waals surface area contributed by atoms with Gasteiger partial charge in [0, 0.05) is 11.0 Å². The third kappa shape index (κ3) is 1.53. The molecule has 0 atom stereocenters. The summed E-state index contributed by atoms with van der Waals surface area (Å²) in [4.78, 5) is 0. The first-order chi connectivity index (χ1) is 7.23. The van der Waals surface area contributed by atoms with Crippen molar-refractivity contribution in [3.63, 3.8) is 0 Å². The maximum absolute atomic E-state index is 9.58. The van der Waals surface area contributed by atoms with Gasteiger partial charge in [-0.1, -0.05) is 18.6 Å². The van der Waals surface area contributed by atoms with Gasteiger partial charge in [-0.25, -0.2) is 0 Å². The Balaban J connectivity index is 2.49. The van der Waals surface area contributed by atoms with Gasteiger partial charge in [0.05, 0.1) is 13.7 Å². The largest absolute Gasteiger partial charge is 0.496 e. The summed E-state index contributed by atoms with van der Waals surface area (Å²) in [5.41, 5.74) is 2.40. The van der Waals surface area contributed by atoms with Gasteiger partial charge in [-0.05, 0) is 31.4 Å². The lowest BCUT2D eigenvalue weighted by atomic mass is 9.63. The summed E-state index contributed by atoms with van der Waals surface area (Å²) >= 11 is 0. The minimum absolute atomic E-state index is 0.0311. The standard InChI is InChI=1S/C13H18O2/c1-10-5-3-6-11(15-2)12(10)13(9-14)7-4-8-13/h3,5-6,14H,4,7-9H2,1-2H3. The van der Waals surface area contributed by atoms with Gasteiger partial charge in [0.25, 0.3) is 0 Å². The summed E-state index contributed by atoms with van der Waals surface area (Å²) in [6.45, 7) is 2.32. The van der Waals surface area contributed by atoms with Crippen LogP contribution in [0.15, 0.2) is 18.2 Å². The van der Waals surface area contributed by atoms with Crippen LogP contribution >= 0.6 is 0 Å². The number of aliphatic hydroxyl groups excluding tert-OH is 1. The Kier molecular flexibility index (Phi) is 2.70. The van der Waals surface area contributed by atoms with E-state index in [1.54, 1.807) is 7.11 Å². The van der Waals surface area contributed by atoms with Crippen LogP contribution in [0.1, 0.15) is 30.4 Å². The molecule has 0 bridgehead atoms. The van der Waals surface area contributed by atoms with E-state index in [9.17, 15) is 5.11 Å². The molecular weight excluding hydrogens is 188 g/mol. The molecule has 0 unspecified atom stereocenters. The fourth-order valence-corrected chi connectivity index (χ4v) is 2.58. The molecule has 1 aromatic carbocycles. The monoisotopic (exact) mass is 206 g/mol. The molecule has 82 valence electrons. The Morgan fingerprint density at radius 2 is 2.13 bits per heavy atom. The van der Waals surface area contributed by atoms with Gasteiger partial charge in [-0.15, -0.1) is 0 Å². The van der Waals surface area contributed by atoms with Gasteiger partial charge in [0.15, 0.2) is 0 Å². The molecule has 0 spiro atoms. The maximum atomic E-state index is 9.58. The van der Waals surface area contributed by atoms with Crippen LogP contribution in [0.5, 0.6) is 5.75 Å². The second kappa shape index (κ2) is 3.86. The molecule has 1 saturated carbocycles. The van der Waals surface area contributed by atoms with Crippen LogP contribution in [0.25, 0.3) is 0 Å². The molecule has 1 fully saturated rings. The van der Waals surface area contributed by atoms with Crippen molar-refractivity contribution in [3.05, 3.63) is 29.3 Å². The zero-order chi connectivity index (χ0) is 10.9. The summed E-state index contributed by atoms with van der Waals surface area (Å²) in [5.74, 6) is 0.920. The molecule has 1 aliphatic carbocycles. The van der Waals surface area contributed by atoms with Crippen LogP contribution in [-0.4, -0.2) is 18.8 Å². The number of rotatable bonds is 3. The smallest absolute Gasteiger partial charge is 0.122 e. The van der Waals surface area contributed by atoms with Gasteiger partial charge in [-0.3, -0.25) is 0 Å². The van der Waals surface area contributed by atoms with Gasteiger partial charge in [-0.2, -0.15) is 0 Å². The van der Waals surface area contributed by atoms with Crippen molar-refractivity contribution < 1.29 is 9.84 Å². The molecule has 0 heterocycles. The average Bonchev–Trinajstić information content (AvgIpc) is 2.19. The molecule has 15 heavy (non-hydrogen) atoms. The number of methoxy groups -OCH3 is 1. The maximum Gasteiger partial charge on any atom is 0.122 e. The highest BCUT2D eigenvalue weighted by atomic mass is 16.5. The number of aryl methyl sites for hydroxylation is 1. The Morgan fingerprint density at radius 3 is 2.60 bits per heavy atom. The summed E-state index contributed by atoms with van der Waals surface area (Å²) < 4.78 is 5.40. The van der Waals surface area contributed by atoms with Gasteiger partial charge < -0.3 is 9.84 Å². The average molecular weight is 206 g/mol. The van der Waals surface area contributed by atoms with E-state index in [2.05, 4.69) is 13.0 Å². The molecule has 2 rings (SSSR count). The quantitative estimate of drug-likeness (QED) is 0.823. The lowest BCUT2D eigenvalue weighted by Crippen LogP contribution is -2.38. The molecule has 1 aliphatic rings. The predicted molar refractivity (Wildman–Crippen MR) is 60.3 cm³/mol. The van der Waals surface area contributed by atoms with E-state index in [0.717, 1.165) is 18.6 Å². The predicted octanol–water partition coefficient (Wildman–Crippen LogP) is 2.42. The number of ether oxygens (including phenoxy) is 1. The van der Waals surface area contributed by atoms with E-state index >= 15 is 0 Å². The SMILES string of the molecule is COc1cccc(C)c1C1(CO)CCC1. The lowest BCUT2D eigenvalue weighted by molar-refractivity contribution is 0.116. The van der Waals surface area contributed by atoms with Crippen LogP contribution in [0.4, 0.5) is 0 Å². The third-order valence-corrected chi connectivity index (χ3v) is 3.60. The first-order valence-corrected chi connectivity index (χ1v) is 5.48. The lowest BCUT2D eigenvalue weighted by Gasteiger charge is -2.42. The summed E-state index contributed by atoms with van der Waals surface area (Å²) in [6, 6.07) is 6.08. The van der Waals surface area contributed by atoms with Crippen LogP contribution in [0, 0.1) is 6.92 Å². The topological polar surface area (TPSA) is 29.5 Å². The third-order valence-electron chi connectivity index (χ3n) is 3.60. The Bertz CT molecular complexity index is 348. The summed E-state index contributed by atoms with van der Waals surface area (Å²) in [7, 11) is 1.70. The van der Waals surface area contributed by atoms with Crippen molar-refractivity contribution in [1.29, 1.82) is 0 Å². The van der Waals surface area contributed by atoms with Crippen molar-refractivity contribution >= 4 is 0 Å². The normalized spacial score (nSPS) is 18.3. The highest BCUT2D eigenvalue weighted by Gasteiger charge is 2.41. The molecule has 2 heteroatoms. The number of benzene rings is 1. The second-order valence-corrected chi connectivity index (χ2v) is 4.44. The van der Waals surface area contributed by atoms with E-state index in [-0.39, 0.29) is 12.0 Å². The first-order valence-electron chi connectivity index (χ1n) is 5.48.